The summed E-state index contributed by atoms with van der Waals surface area (Å²) in [5.74, 6) is -0.337. The largest absolute Gasteiger partial charge is 0.478 e. The third kappa shape index (κ3) is 3.72. The second-order valence-electron chi connectivity index (χ2n) is 9.13. The molecular formula is C28H22BrN3O3S. The SMILES string of the molecule is Cc1nn(-c2ccccc2C(=O)O)c2c1[C@@H](c1ccc(Br)cc1)C1=C(C[C@@H](c3cccs3)CC1=O)N2. The fourth-order valence-electron chi connectivity index (χ4n) is 5.40. The number of para-hydroxylation sites is 1. The lowest BCUT2D eigenvalue weighted by Gasteiger charge is -2.35. The number of aromatic carboxylic acids is 1. The number of carbonyl (C=O) groups excluding carboxylic acids is 1. The van der Waals surface area contributed by atoms with Crippen LogP contribution in [0.4, 0.5) is 5.82 Å². The normalized spacial score (nSPS) is 19.0. The molecular weight excluding hydrogens is 538 g/mol. The molecule has 0 unspecified atom stereocenters. The highest BCUT2D eigenvalue weighted by Gasteiger charge is 2.41. The van der Waals surface area contributed by atoms with E-state index < -0.39 is 5.97 Å². The van der Waals surface area contributed by atoms with Crippen LogP contribution in [0.1, 0.15) is 56.7 Å². The first-order valence-electron chi connectivity index (χ1n) is 11.7. The number of halogens is 1. The lowest BCUT2D eigenvalue weighted by Crippen LogP contribution is -2.30. The molecule has 3 heterocycles. The second-order valence-corrected chi connectivity index (χ2v) is 11.0. The van der Waals surface area contributed by atoms with Gasteiger partial charge in [0.2, 0.25) is 0 Å². The standard InChI is InChI=1S/C28H22BrN3O3S/c1-15-24-25(16-8-10-18(29)11-9-16)26-20(13-17(14-22(26)33)23-7-4-12-36-23)30-27(24)32(31-15)21-6-3-2-5-19(21)28(34)35/h2-12,17,25,30H,13-14H2,1H3,(H,34,35)/t17-,25-/m1/s1. The predicted molar refractivity (Wildman–Crippen MR) is 143 cm³/mol. The smallest absolute Gasteiger partial charge is 0.337 e. The first kappa shape index (κ1) is 22.9. The summed E-state index contributed by atoms with van der Waals surface area (Å²) in [6, 6.07) is 19.0. The molecule has 0 fully saturated rings. The Kier molecular flexibility index (Phi) is 5.65. The van der Waals surface area contributed by atoms with Gasteiger partial charge in [0.05, 0.1) is 16.9 Å². The van der Waals surface area contributed by atoms with E-state index in [0.717, 1.165) is 32.6 Å². The van der Waals surface area contributed by atoms with Crippen LogP contribution in [0, 0.1) is 6.92 Å². The molecule has 2 aromatic heterocycles. The topological polar surface area (TPSA) is 84.2 Å². The predicted octanol–water partition coefficient (Wildman–Crippen LogP) is 6.66. The van der Waals surface area contributed by atoms with Gasteiger partial charge in [0.1, 0.15) is 5.82 Å². The number of thiophene rings is 1. The van der Waals surface area contributed by atoms with Crippen molar-refractivity contribution in [2.75, 3.05) is 5.32 Å². The van der Waals surface area contributed by atoms with Crippen LogP contribution < -0.4 is 5.32 Å². The fourth-order valence-corrected chi connectivity index (χ4v) is 6.50. The third-order valence-corrected chi connectivity index (χ3v) is 8.54. The molecule has 1 aliphatic heterocycles. The highest BCUT2D eigenvalue weighted by atomic mass is 79.9. The van der Waals surface area contributed by atoms with Gasteiger partial charge in [0, 0.05) is 44.4 Å². The summed E-state index contributed by atoms with van der Waals surface area (Å²) in [7, 11) is 0. The van der Waals surface area contributed by atoms with Crippen molar-refractivity contribution in [3.63, 3.8) is 0 Å². The summed E-state index contributed by atoms with van der Waals surface area (Å²) in [5.41, 5.74) is 4.99. The molecule has 6 rings (SSSR count). The van der Waals surface area contributed by atoms with E-state index in [-0.39, 0.29) is 23.2 Å². The fraction of sp³-hybridized carbons (Fsp3) is 0.179. The van der Waals surface area contributed by atoms with Crippen molar-refractivity contribution in [2.45, 2.75) is 31.6 Å². The Morgan fingerprint density at radius 3 is 2.61 bits per heavy atom. The average Bonchev–Trinajstić information content (AvgIpc) is 3.52. The van der Waals surface area contributed by atoms with Crippen LogP contribution >= 0.6 is 27.3 Å². The van der Waals surface area contributed by atoms with E-state index in [1.807, 2.05) is 48.7 Å². The van der Waals surface area contributed by atoms with Gasteiger partial charge >= 0.3 is 5.97 Å². The van der Waals surface area contributed by atoms with Crippen molar-refractivity contribution in [1.82, 2.24) is 9.78 Å². The number of Topliss-reactive ketones (excluding diaryl/α,β-unsaturated/α-hetero) is 1. The number of carboxylic acids is 1. The van der Waals surface area contributed by atoms with E-state index in [1.165, 1.54) is 4.88 Å². The molecule has 180 valence electrons. The maximum absolute atomic E-state index is 13.7. The van der Waals surface area contributed by atoms with Crippen molar-refractivity contribution >= 4 is 44.8 Å². The van der Waals surface area contributed by atoms with E-state index in [2.05, 4.69) is 27.3 Å². The molecule has 8 heteroatoms. The number of rotatable bonds is 4. The number of ketones is 1. The molecule has 4 aromatic rings. The van der Waals surface area contributed by atoms with Gasteiger partial charge in [-0.05, 0) is 54.6 Å². The Morgan fingerprint density at radius 1 is 1.11 bits per heavy atom. The van der Waals surface area contributed by atoms with Crippen molar-refractivity contribution in [2.24, 2.45) is 0 Å². The minimum Gasteiger partial charge on any atom is -0.478 e. The Balaban J connectivity index is 1.56. The second kappa shape index (κ2) is 8.87. The number of nitrogens with one attached hydrogen (secondary N) is 1. The molecule has 0 saturated carbocycles. The molecule has 6 nitrogen and oxygen atoms in total. The highest BCUT2D eigenvalue weighted by molar-refractivity contribution is 9.10. The van der Waals surface area contributed by atoms with Gasteiger partial charge in [-0.3, -0.25) is 4.79 Å². The van der Waals surface area contributed by atoms with Crippen molar-refractivity contribution < 1.29 is 14.7 Å². The summed E-state index contributed by atoms with van der Waals surface area (Å²) < 4.78 is 2.65. The summed E-state index contributed by atoms with van der Waals surface area (Å²) in [6.45, 7) is 1.92. The van der Waals surface area contributed by atoms with Crippen LogP contribution in [0.3, 0.4) is 0 Å². The molecule has 2 atom stereocenters. The number of anilines is 1. The quantitative estimate of drug-likeness (QED) is 0.292. The van der Waals surface area contributed by atoms with Crippen molar-refractivity contribution in [3.8, 4) is 5.69 Å². The molecule has 0 bridgehead atoms. The molecule has 0 spiro atoms. The zero-order valence-corrected chi connectivity index (χ0v) is 21.8. The molecule has 2 N–H and O–H groups in total. The molecule has 1 aliphatic carbocycles. The van der Waals surface area contributed by atoms with Crippen LogP contribution in [-0.2, 0) is 4.79 Å². The number of hydrogen-bond donors (Lipinski definition) is 2. The summed E-state index contributed by atoms with van der Waals surface area (Å²) >= 11 is 5.19. The van der Waals surface area contributed by atoms with Crippen LogP contribution in [0.15, 0.2) is 81.8 Å². The van der Waals surface area contributed by atoms with E-state index >= 15 is 0 Å². The summed E-state index contributed by atoms with van der Waals surface area (Å²) in [5, 5.41) is 20.2. The molecule has 36 heavy (non-hydrogen) atoms. The van der Waals surface area contributed by atoms with Gasteiger partial charge in [-0.2, -0.15) is 5.10 Å². The number of fused-ring (bicyclic) bond motifs is 1. The lowest BCUT2D eigenvalue weighted by molar-refractivity contribution is -0.116. The number of carbonyl (C=O) groups is 2. The van der Waals surface area contributed by atoms with Crippen LogP contribution in [-0.4, -0.2) is 26.6 Å². The van der Waals surface area contributed by atoms with Crippen molar-refractivity contribution in [3.05, 3.63) is 109 Å². The Labute approximate surface area is 220 Å². The first-order valence-corrected chi connectivity index (χ1v) is 13.3. The maximum atomic E-state index is 13.7. The number of aromatic nitrogens is 2. The van der Waals surface area contributed by atoms with E-state index in [4.69, 9.17) is 5.10 Å². The van der Waals surface area contributed by atoms with Crippen LogP contribution in [0.5, 0.6) is 0 Å². The number of nitrogens with zero attached hydrogens (tertiary/aromatic N) is 2. The molecule has 0 amide bonds. The summed E-state index contributed by atoms with van der Waals surface area (Å²) in [4.78, 5) is 26.9. The van der Waals surface area contributed by atoms with Crippen molar-refractivity contribution in [1.29, 1.82) is 0 Å². The first-order chi connectivity index (χ1) is 17.4. The summed E-state index contributed by atoms with van der Waals surface area (Å²) in [6.07, 6.45) is 1.18. The minimum atomic E-state index is -1.02. The third-order valence-electron chi connectivity index (χ3n) is 6.97. The monoisotopic (exact) mass is 559 g/mol. The van der Waals surface area contributed by atoms with Gasteiger partial charge in [0.25, 0.3) is 0 Å². The van der Waals surface area contributed by atoms with E-state index in [9.17, 15) is 14.7 Å². The Bertz CT molecular complexity index is 1540. The molecule has 2 aromatic carbocycles. The number of allylic oxidation sites excluding steroid dienone is 2. The number of aryl methyl sites for hydroxylation is 1. The van der Waals surface area contributed by atoms with Gasteiger partial charge in [-0.25, -0.2) is 9.48 Å². The zero-order valence-electron chi connectivity index (χ0n) is 19.4. The zero-order chi connectivity index (χ0) is 25.0. The maximum Gasteiger partial charge on any atom is 0.337 e. The molecule has 2 aliphatic rings. The number of benzene rings is 2. The number of hydrogen-bond acceptors (Lipinski definition) is 5. The van der Waals surface area contributed by atoms with E-state index in [1.54, 1.807) is 34.2 Å². The van der Waals surface area contributed by atoms with Gasteiger partial charge in [-0.1, -0.05) is 46.3 Å². The minimum absolute atomic E-state index is 0.111. The van der Waals surface area contributed by atoms with Crippen LogP contribution in [0.25, 0.3) is 5.69 Å². The van der Waals surface area contributed by atoms with Gasteiger partial charge < -0.3 is 10.4 Å². The van der Waals surface area contributed by atoms with E-state index in [0.29, 0.717) is 24.3 Å². The Morgan fingerprint density at radius 2 is 1.89 bits per heavy atom. The highest BCUT2D eigenvalue weighted by Crippen LogP contribution is 2.50. The average molecular weight is 560 g/mol. The van der Waals surface area contributed by atoms with Crippen LogP contribution in [0.2, 0.25) is 0 Å². The molecule has 0 radical (unpaired) electrons. The number of carboxylic acid groups (broad SMARTS) is 1. The molecule has 0 saturated heterocycles. The van der Waals surface area contributed by atoms with Gasteiger partial charge in [-0.15, -0.1) is 11.3 Å². The van der Waals surface area contributed by atoms with Gasteiger partial charge in [0.15, 0.2) is 5.78 Å². The lowest BCUT2D eigenvalue weighted by atomic mass is 9.73. The Hall–Kier alpha value is -3.49.